The van der Waals surface area contributed by atoms with Crippen LogP contribution in [0.15, 0.2) is 30.3 Å². The highest BCUT2D eigenvalue weighted by Crippen LogP contribution is 2.10. The zero-order chi connectivity index (χ0) is 15.2. The monoisotopic (exact) mass is 292 g/mol. The molecule has 1 saturated heterocycles. The van der Waals surface area contributed by atoms with E-state index in [1.165, 1.54) is 25.3 Å². The number of halogens is 1. The summed E-state index contributed by atoms with van der Waals surface area (Å²) in [6, 6.07) is 5.89. The lowest BCUT2D eigenvalue weighted by molar-refractivity contribution is -0.117. The lowest BCUT2D eigenvalue weighted by Gasteiger charge is -2.14. The lowest BCUT2D eigenvalue weighted by atomic mass is 10.2. The molecule has 1 aromatic rings. The van der Waals surface area contributed by atoms with Crippen molar-refractivity contribution in [1.29, 1.82) is 0 Å². The van der Waals surface area contributed by atoms with Crippen molar-refractivity contribution >= 4 is 18.1 Å². The van der Waals surface area contributed by atoms with E-state index in [1.807, 2.05) is 0 Å². The third-order valence-corrected chi connectivity index (χ3v) is 3.24. The predicted octanol–water partition coefficient (Wildman–Crippen LogP) is 1.80. The van der Waals surface area contributed by atoms with Crippen LogP contribution in [0.1, 0.15) is 12.0 Å². The van der Waals surface area contributed by atoms with E-state index in [9.17, 15) is 14.0 Å². The minimum atomic E-state index is -0.387. The molecule has 0 spiro atoms. The summed E-state index contributed by atoms with van der Waals surface area (Å²) in [6.07, 6.45) is 3.21. The van der Waals surface area contributed by atoms with E-state index in [1.54, 1.807) is 23.1 Å². The van der Waals surface area contributed by atoms with Gasteiger partial charge in [0.05, 0.1) is 7.11 Å². The molecule has 1 N–H and O–H groups in total. The number of carbonyl (C=O) groups excluding carboxylic acids is 2. The maximum Gasteiger partial charge on any atom is 0.409 e. The average Bonchev–Trinajstić information content (AvgIpc) is 2.93. The van der Waals surface area contributed by atoms with Crippen molar-refractivity contribution < 1.29 is 18.7 Å². The highest BCUT2D eigenvalue weighted by molar-refractivity contribution is 5.92. The second-order valence-corrected chi connectivity index (χ2v) is 4.80. The van der Waals surface area contributed by atoms with Gasteiger partial charge in [0.15, 0.2) is 0 Å². The summed E-state index contributed by atoms with van der Waals surface area (Å²) >= 11 is 0. The van der Waals surface area contributed by atoms with E-state index >= 15 is 0 Å². The molecule has 6 heteroatoms. The molecular formula is C15H17FN2O3. The Bertz CT molecular complexity index is 560. The molecule has 0 aromatic heterocycles. The quantitative estimate of drug-likeness (QED) is 0.864. The van der Waals surface area contributed by atoms with Crippen LogP contribution in [0.25, 0.3) is 6.08 Å². The van der Waals surface area contributed by atoms with E-state index in [2.05, 4.69) is 10.1 Å². The predicted molar refractivity (Wildman–Crippen MR) is 76.0 cm³/mol. The Kier molecular flexibility index (Phi) is 4.92. The molecule has 2 amide bonds. The van der Waals surface area contributed by atoms with Gasteiger partial charge in [-0.2, -0.15) is 0 Å². The number of ether oxygens (including phenoxy) is 1. The van der Waals surface area contributed by atoms with Gasteiger partial charge >= 0.3 is 6.09 Å². The number of carbonyl (C=O) groups is 2. The standard InChI is InChI=1S/C15H17FN2O3/c1-21-15(20)18-8-7-13(10-18)17-14(19)6-5-11-3-2-4-12(16)9-11/h2-6,9,13H,7-8,10H2,1H3,(H,17,19)/b6-5+/t13-/m1/s1. The van der Waals surface area contributed by atoms with Gasteiger partial charge in [0.1, 0.15) is 5.82 Å². The number of nitrogens with zero attached hydrogens (tertiary/aromatic N) is 1. The molecule has 1 heterocycles. The molecule has 0 radical (unpaired) electrons. The average molecular weight is 292 g/mol. The molecule has 21 heavy (non-hydrogen) atoms. The first-order valence-electron chi connectivity index (χ1n) is 6.65. The van der Waals surface area contributed by atoms with E-state index in [0.717, 1.165) is 0 Å². The number of benzene rings is 1. The molecule has 112 valence electrons. The second kappa shape index (κ2) is 6.88. The molecule has 1 aromatic carbocycles. The maximum atomic E-state index is 13.0. The number of hydrogen-bond acceptors (Lipinski definition) is 3. The SMILES string of the molecule is COC(=O)N1CC[C@@H](NC(=O)/C=C/c2cccc(F)c2)C1. The summed E-state index contributed by atoms with van der Waals surface area (Å²) in [7, 11) is 1.33. The number of hydrogen-bond donors (Lipinski definition) is 1. The highest BCUT2D eigenvalue weighted by Gasteiger charge is 2.27. The Morgan fingerprint density at radius 1 is 1.48 bits per heavy atom. The third-order valence-electron chi connectivity index (χ3n) is 3.24. The Morgan fingerprint density at radius 3 is 3.00 bits per heavy atom. The number of amides is 2. The van der Waals surface area contributed by atoms with Crippen molar-refractivity contribution in [3.8, 4) is 0 Å². The zero-order valence-corrected chi connectivity index (χ0v) is 11.7. The Labute approximate surface area is 122 Å². The minimum Gasteiger partial charge on any atom is -0.453 e. The summed E-state index contributed by atoms with van der Waals surface area (Å²) in [5, 5.41) is 2.80. The van der Waals surface area contributed by atoms with Crippen LogP contribution in [0.3, 0.4) is 0 Å². The van der Waals surface area contributed by atoms with Gasteiger partial charge < -0.3 is 15.0 Å². The van der Waals surface area contributed by atoms with Gasteiger partial charge in [0.25, 0.3) is 0 Å². The van der Waals surface area contributed by atoms with Crippen LogP contribution in [0, 0.1) is 5.82 Å². The van der Waals surface area contributed by atoms with Gasteiger partial charge in [0, 0.05) is 25.2 Å². The zero-order valence-electron chi connectivity index (χ0n) is 11.7. The molecule has 1 aliphatic rings. The van der Waals surface area contributed by atoms with Gasteiger partial charge in [-0.05, 0) is 30.2 Å². The van der Waals surface area contributed by atoms with Crippen molar-refractivity contribution in [1.82, 2.24) is 10.2 Å². The van der Waals surface area contributed by atoms with E-state index in [-0.39, 0.29) is 23.9 Å². The molecule has 0 bridgehead atoms. The smallest absolute Gasteiger partial charge is 0.409 e. The van der Waals surface area contributed by atoms with Crippen LogP contribution in [-0.2, 0) is 9.53 Å². The van der Waals surface area contributed by atoms with Crippen LogP contribution in [0.4, 0.5) is 9.18 Å². The van der Waals surface area contributed by atoms with Gasteiger partial charge in [-0.25, -0.2) is 9.18 Å². The summed E-state index contributed by atoms with van der Waals surface area (Å²) in [5.74, 6) is -0.613. The largest absolute Gasteiger partial charge is 0.453 e. The lowest BCUT2D eigenvalue weighted by Crippen LogP contribution is -2.37. The molecular weight excluding hydrogens is 275 g/mol. The number of rotatable bonds is 3. The molecule has 5 nitrogen and oxygen atoms in total. The summed E-state index contributed by atoms with van der Waals surface area (Å²) in [5.41, 5.74) is 0.618. The van der Waals surface area contributed by atoms with E-state index < -0.39 is 0 Å². The van der Waals surface area contributed by atoms with Crippen molar-refractivity contribution in [2.75, 3.05) is 20.2 Å². The van der Waals surface area contributed by atoms with Crippen molar-refractivity contribution in [3.05, 3.63) is 41.7 Å². The molecule has 2 rings (SSSR count). The Hall–Kier alpha value is -2.37. The van der Waals surface area contributed by atoms with Gasteiger partial charge in [-0.15, -0.1) is 0 Å². The molecule has 0 unspecified atom stereocenters. The van der Waals surface area contributed by atoms with Crippen LogP contribution >= 0.6 is 0 Å². The van der Waals surface area contributed by atoms with Crippen LogP contribution in [0.5, 0.6) is 0 Å². The van der Waals surface area contributed by atoms with Crippen molar-refractivity contribution in [2.45, 2.75) is 12.5 Å². The molecule has 0 aliphatic carbocycles. The first kappa shape index (κ1) is 15.0. The van der Waals surface area contributed by atoms with Crippen molar-refractivity contribution in [2.24, 2.45) is 0 Å². The highest BCUT2D eigenvalue weighted by atomic mass is 19.1. The number of likely N-dealkylation sites (tertiary alicyclic amines) is 1. The maximum absolute atomic E-state index is 13.0. The normalized spacial score (nSPS) is 18.0. The summed E-state index contributed by atoms with van der Waals surface area (Å²) < 4.78 is 17.6. The molecule has 1 fully saturated rings. The fourth-order valence-electron chi connectivity index (χ4n) is 2.20. The summed E-state index contributed by atoms with van der Waals surface area (Å²) in [4.78, 5) is 24.6. The Morgan fingerprint density at radius 2 is 2.29 bits per heavy atom. The third kappa shape index (κ3) is 4.30. The van der Waals surface area contributed by atoms with Gasteiger partial charge in [-0.1, -0.05) is 12.1 Å². The fraction of sp³-hybridized carbons (Fsp3) is 0.333. The van der Waals surface area contributed by atoms with Gasteiger partial charge in [0.2, 0.25) is 5.91 Å². The van der Waals surface area contributed by atoms with Crippen LogP contribution in [-0.4, -0.2) is 43.1 Å². The fourth-order valence-corrected chi connectivity index (χ4v) is 2.20. The van der Waals surface area contributed by atoms with Crippen LogP contribution in [0.2, 0.25) is 0 Å². The van der Waals surface area contributed by atoms with Crippen LogP contribution < -0.4 is 5.32 Å². The number of methoxy groups -OCH3 is 1. The molecule has 0 saturated carbocycles. The summed E-state index contributed by atoms with van der Waals surface area (Å²) in [6.45, 7) is 0.997. The molecule has 1 aliphatic heterocycles. The Balaban J connectivity index is 1.84. The van der Waals surface area contributed by atoms with E-state index in [4.69, 9.17) is 0 Å². The second-order valence-electron chi connectivity index (χ2n) is 4.80. The van der Waals surface area contributed by atoms with Crippen molar-refractivity contribution in [3.63, 3.8) is 0 Å². The first-order chi connectivity index (χ1) is 10.1. The topological polar surface area (TPSA) is 58.6 Å². The van der Waals surface area contributed by atoms with Gasteiger partial charge in [-0.3, -0.25) is 4.79 Å². The minimum absolute atomic E-state index is 0.0891. The first-order valence-corrected chi connectivity index (χ1v) is 6.65. The number of nitrogens with one attached hydrogen (secondary N) is 1. The van der Waals surface area contributed by atoms with E-state index in [0.29, 0.717) is 25.1 Å². The molecule has 1 atom stereocenters.